The first-order valence-electron chi connectivity index (χ1n) is 5.72. The van der Waals surface area contributed by atoms with Crippen LogP contribution in [0.1, 0.15) is 24.0 Å². The van der Waals surface area contributed by atoms with Crippen LogP contribution in [0.2, 0.25) is 0 Å². The zero-order valence-electron chi connectivity index (χ0n) is 9.61. The summed E-state index contributed by atoms with van der Waals surface area (Å²) in [5.41, 5.74) is 8.94. The highest BCUT2D eigenvalue weighted by Crippen LogP contribution is 2.27. The lowest BCUT2D eigenvalue weighted by Gasteiger charge is -2.33. The van der Waals surface area contributed by atoms with Crippen LogP contribution in [0.5, 0.6) is 0 Å². The molecule has 2 N–H and O–H groups in total. The van der Waals surface area contributed by atoms with E-state index >= 15 is 0 Å². The van der Waals surface area contributed by atoms with E-state index in [1.54, 1.807) is 0 Å². The Morgan fingerprint density at radius 3 is 2.69 bits per heavy atom. The molecular formula is C13H17N3. The van der Waals surface area contributed by atoms with Gasteiger partial charge in [-0.25, -0.2) is 0 Å². The Hall–Kier alpha value is -1.53. The van der Waals surface area contributed by atoms with Crippen molar-refractivity contribution in [2.24, 2.45) is 5.73 Å². The summed E-state index contributed by atoms with van der Waals surface area (Å²) in [4.78, 5) is 2.29. The van der Waals surface area contributed by atoms with Crippen LogP contribution in [0.15, 0.2) is 18.2 Å². The number of nitrogens with zero attached hydrogens (tertiary/aromatic N) is 2. The third kappa shape index (κ3) is 2.02. The number of rotatable bonds is 1. The SMILES string of the molecule is Cc1cccc(C#N)c1N1CCC(N)CC1. The summed E-state index contributed by atoms with van der Waals surface area (Å²) in [6, 6.07) is 8.48. The van der Waals surface area contributed by atoms with Crippen LogP contribution in [0.3, 0.4) is 0 Å². The molecule has 1 heterocycles. The fraction of sp³-hybridized carbons (Fsp3) is 0.462. The molecule has 0 unspecified atom stereocenters. The Bertz CT molecular complexity index is 412. The number of benzene rings is 1. The Kier molecular flexibility index (Phi) is 3.12. The van der Waals surface area contributed by atoms with Gasteiger partial charge >= 0.3 is 0 Å². The molecule has 3 heteroatoms. The van der Waals surface area contributed by atoms with Gasteiger partial charge in [-0.15, -0.1) is 0 Å². The lowest BCUT2D eigenvalue weighted by Crippen LogP contribution is -2.40. The maximum atomic E-state index is 9.12. The van der Waals surface area contributed by atoms with E-state index in [1.807, 2.05) is 12.1 Å². The second-order valence-electron chi connectivity index (χ2n) is 4.41. The fourth-order valence-corrected chi connectivity index (χ4v) is 2.29. The number of para-hydroxylation sites is 1. The number of anilines is 1. The third-order valence-electron chi connectivity index (χ3n) is 3.21. The van der Waals surface area contributed by atoms with Crippen molar-refractivity contribution < 1.29 is 0 Å². The lowest BCUT2D eigenvalue weighted by molar-refractivity contribution is 0.500. The maximum Gasteiger partial charge on any atom is 0.101 e. The van der Waals surface area contributed by atoms with E-state index in [1.165, 1.54) is 5.56 Å². The molecule has 1 fully saturated rings. The van der Waals surface area contributed by atoms with Crippen molar-refractivity contribution in [2.45, 2.75) is 25.8 Å². The van der Waals surface area contributed by atoms with Crippen LogP contribution < -0.4 is 10.6 Å². The van der Waals surface area contributed by atoms with Gasteiger partial charge in [0.2, 0.25) is 0 Å². The summed E-state index contributed by atoms with van der Waals surface area (Å²) < 4.78 is 0. The number of hydrogen-bond donors (Lipinski definition) is 1. The first-order valence-corrected chi connectivity index (χ1v) is 5.72. The summed E-state index contributed by atoms with van der Waals surface area (Å²) in [5, 5.41) is 9.12. The van der Waals surface area contributed by atoms with Crippen molar-refractivity contribution in [3.63, 3.8) is 0 Å². The molecule has 16 heavy (non-hydrogen) atoms. The Balaban J connectivity index is 2.30. The normalized spacial score (nSPS) is 17.2. The second-order valence-corrected chi connectivity index (χ2v) is 4.41. The van der Waals surface area contributed by atoms with Crippen molar-refractivity contribution >= 4 is 5.69 Å². The lowest BCUT2D eigenvalue weighted by atomic mass is 10.0. The molecular weight excluding hydrogens is 198 g/mol. The topological polar surface area (TPSA) is 53.0 Å². The van der Waals surface area contributed by atoms with Crippen LogP contribution in [-0.2, 0) is 0 Å². The average Bonchev–Trinajstić information content (AvgIpc) is 2.30. The highest BCUT2D eigenvalue weighted by atomic mass is 15.1. The van der Waals surface area contributed by atoms with Gasteiger partial charge in [0.05, 0.1) is 11.3 Å². The number of piperidine rings is 1. The van der Waals surface area contributed by atoms with Gasteiger partial charge in [-0.3, -0.25) is 0 Å². The molecule has 1 aromatic rings. The molecule has 0 atom stereocenters. The minimum absolute atomic E-state index is 0.325. The second kappa shape index (κ2) is 4.54. The van der Waals surface area contributed by atoms with Crippen LogP contribution in [0, 0.1) is 18.3 Å². The van der Waals surface area contributed by atoms with Crippen LogP contribution in [0.25, 0.3) is 0 Å². The first kappa shape index (κ1) is 11.0. The van der Waals surface area contributed by atoms with E-state index < -0.39 is 0 Å². The molecule has 1 aliphatic heterocycles. The number of nitrogens with two attached hydrogens (primary N) is 1. The average molecular weight is 215 g/mol. The molecule has 2 rings (SSSR count). The Labute approximate surface area is 96.5 Å². The molecule has 3 nitrogen and oxygen atoms in total. The number of hydrogen-bond acceptors (Lipinski definition) is 3. The van der Waals surface area contributed by atoms with Gasteiger partial charge in [0.1, 0.15) is 6.07 Å². The molecule has 84 valence electrons. The van der Waals surface area contributed by atoms with E-state index in [0.29, 0.717) is 6.04 Å². The first-order chi connectivity index (χ1) is 7.72. The number of aryl methyl sites for hydroxylation is 1. The van der Waals surface area contributed by atoms with E-state index in [2.05, 4.69) is 24.0 Å². The molecule has 0 amide bonds. The maximum absolute atomic E-state index is 9.12. The molecule has 1 aromatic carbocycles. The largest absolute Gasteiger partial charge is 0.370 e. The van der Waals surface area contributed by atoms with Crippen LogP contribution in [0.4, 0.5) is 5.69 Å². The smallest absolute Gasteiger partial charge is 0.101 e. The highest BCUT2D eigenvalue weighted by molar-refractivity contribution is 5.64. The van der Waals surface area contributed by atoms with Gasteiger partial charge in [0.15, 0.2) is 0 Å². The van der Waals surface area contributed by atoms with Gasteiger partial charge < -0.3 is 10.6 Å². The summed E-state index contributed by atoms with van der Waals surface area (Å²) in [5.74, 6) is 0. The van der Waals surface area contributed by atoms with Gasteiger partial charge in [-0.2, -0.15) is 5.26 Å². The van der Waals surface area contributed by atoms with Crippen molar-refractivity contribution in [1.82, 2.24) is 0 Å². The van der Waals surface area contributed by atoms with Crippen molar-refractivity contribution in [3.8, 4) is 6.07 Å². The zero-order chi connectivity index (χ0) is 11.5. The molecule has 0 bridgehead atoms. The van der Waals surface area contributed by atoms with Crippen molar-refractivity contribution in [3.05, 3.63) is 29.3 Å². The van der Waals surface area contributed by atoms with Crippen LogP contribution in [-0.4, -0.2) is 19.1 Å². The highest BCUT2D eigenvalue weighted by Gasteiger charge is 2.19. The molecule has 0 aromatic heterocycles. The van der Waals surface area contributed by atoms with Gasteiger partial charge in [-0.05, 0) is 31.4 Å². The van der Waals surface area contributed by atoms with Crippen LogP contribution >= 0.6 is 0 Å². The van der Waals surface area contributed by atoms with Gasteiger partial charge in [0.25, 0.3) is 0 Å². The molecule has 1 aliphatic rings. The summed E-state index contributed by atoms with van der Waals surface area (Å²) in [6.45, 7) is 3.98. The quantitative estimate of drug-likeness (QED) is 0.777. The van der Waals surface area contributed by atoms with Crippen molar-refractivity contribution in [1.29, 1.82) is 5.26 Å². The van der Waals surface area contributed by atoms with E-state index in [-0.39, 0.29) is 0 Å². The molecule has 0 radical (unpaired) electrons. The molecule has 0 aliphatic carbocycles. The predicted octanol–water partition coefficient (Wildman–Crippen LogP) is 1.79. The molecule has 0 saturated carbocycles. The number of nitriles is 1. The summed E-state index contributed by atoms with van der Waals surface area (Å²) in [6.07, 6.45) is 2.03. The summed E-state index contributed by atoms with van der Waals surface area (Å²) >= 11 is 0. The van der Waals surface area contributed by atoms with E-state index in [9.17, 15) is 0 Å². The van der Waals surface area contributed by atoms with E-state index in [0.717, 1.165) is 37.2 Å². The molecule has 0 spiro atoms. The standard InChI is InChI=1S/C13H17N3/c1-10-3-2-4-11(9-14)13(10)16-7-5-12(15)6-8-16/h2-4,12H,5-8,15H2,1H3. The minimum atomic E-state index is 0.325. The third-order valence-corrected chi connectivity index (χ3v) is 3.21. The Morgan fingerprint density at radius 1 is 1.38 bits per heavy atom. The Morgan fingerprint density at radius 2 is 2.06 bits per heavy atom. The fourth-order valence-electron chi connectivity index (χ4n) is 2.29. The predicted molar refractivity (Wildman–Crippen MR) is 65.3 cm³/mol. The van der Waals surface area contributed by atoms with Gasteiger partial charge in [0, 0.05) is 19.1 Å². The van der Waals surface area contributed by atoms with Gasteiger partial charge in [-0.1, -0.05) is 12.1 Å². The minimum Gasteiger partial charge on any atom is -0.370 e. The van der Waals surface area contributed by atoms with Crippen molar-refractivity contribution in [2.75, 3.05) is 18.0 Å². The summed E-state index contributed by atoms with van der Waals surface area (Å²) in [7, 11) is 0. The van der Waals surface area contributed by atoms with E-state index in [4.69, 9.17) is 11.0 Å². The monoisotopic (exact) mass is 215 g/mol. The molecule has 1 saturated heterocycles. The zero-order valence-corrected chi connectivity index (χ0v) is 9.61.